The fourth-order valence-electron chi connectivity index (χ4n) is 1.52. The van der Waals surface area contributed by atoms with E-state index in [1.807, 2.05) is 0 Å². The summed E-state index contributed by atoms with van der Waals surface area (Å²) in [4.78, 5) is 0. The van der Waals surface area contributed by atoms with Gasteiger partial charge in [-0.25, -0.2) is 8.78 Å². The lowest BCUT2D eigenvalue weighted by molar-refractivity contribution is 0.284. The molecule has 18 heavy (non-hydrogen) atoms. The highest BCUT2D eigenvalue weighted by Gasteiger charge is 2.09. The van der Waals surface area contributed by atoms with Gasteiger partial charge in [-0.2, -0.15) is 4.39 Å². The van der Waals surface area contributed by atoms with Crippen molar-refractivity contribution in [1.29, 1.82) is 0 Å². The van der Waals surface area contributed by atoms with E-state index < -0.39 is 17.5 Å². The Morgan fingerprint density at radius 1 is 1.06 bits per heavy atom. The van der Waals surface area contributed by atoms with Crippen molar-refractivity contribution in [3.05, 3.63) is 59.4 Å². The number of rotatable bonds is 3. The summed E-state index contributed by atoms with van der Waals surface area (Å²) >= 11 is 0. The maximum atomic E-state index is 13.3. The number of halogens is 3. The third-order valence-electron chi connectivity index (χ3n) is 2.29. The molecular formula is C13H10F3NO. The molecule has 0 unspecified atom stereocenters. The van der Waals surface area contributed by atoms with Gasteiger partial charge in [-0.1, -0.05) is 6.07 Å². The van der Waals surface area contributed by atoms with Crippen molar-refractivity contribution in [2.75, 3.05) is 5.73 Å². The van der Waals surface area contributed by atoms with Gasteiger partial charge in [0.2, 0.25) is 5.82 Å². The highest BCUT2D eigenvalue weighted by Crippen LogP contribution is 2.21. The maximum Gasteiger partial charge on any atom is 0.200 e. The molecule has 2 aromatic rings. The molecule has 0 aliphatic carbocycles. The van der Waals surface area contributed by atoms with Crippen molar-refractivity contribution < 1.29 is 17.9 Å². The van der Waals surface area contributed by atoms with Crippen molar-refractivity contribution in [3.8, 4) is 5.75 Å². The van der Waals surface area contributed by atoms with Crippen LogP contribution in [-0.4, -0.2) is 0 Å². The number of anilines is 1. The summed E-state index contributed by atoms with van der Waals surface area (Å²) in [5.41, 5.74) is 6.14. The van der Waals surface area contributed by atoms with Crippen LogP contribution >= 0.6 is 0 Å². The molecule has 0 amide bonds. The topological polar surface area (TPSA) is 35.2 Å². The highest BCUT2D eigenvalue weighted by molar-refractivity contribution is 5.41. The molecule has 0 aliphatic rings. The highest BCUT2D eigenvalue weighted by atomic mass is 19.2. The first-order valence-electron chi connectivity index (χ1n) is 5.18. The van der Waals surface area contributed by atoms with E-state index >= 15 is 0 Å². The number of hydrogen-bond donors (Lipinski definition) is 1. The molecule has 5 heteroatoms. The number of hydrogen-bond acceptors (Lipinski definition) is 2. The Labute approximate surface area is 102 Å². The summed E-state index contributed by atoms with van der Waals surface area (Å²) in [5.74, 6) is -2.79. The summed E-state index contributed by atoms with van der Waals surface area (Å²) < 4.78 is 44.3. The summed E-state index contributed by atoms with van der Waals surface area (Å²) in [6.07, 6.45) is 0. The van der Waals surface area contributed by atoms with E-state index in [1.54, 1.807) is 0 Å². The van der Waals surface area contributed by atoms with E-state index in [1.165, 1.54) is 24.3 Å². The van der Waals surface area contributed by atoms with Crippen LogP contribution in [0.5, 0.6) is 5.75 Å². The Balaban J connectivity index is 2.14. The van der Waals surface area contributed by atoms with E-state index in [-0.39, 0.29) is 18.0 Å². The molecule has 2 aromatic carbocycles. The average molecular weight is 253 g/mol. The molecule has 94 valence electrons. The second kappa shape index (κ2) is 5.00. The third-order valence-corrected chi connectivity index (χ3v) is 2.29. The zero-order valence-corrected chi connectivity index (χ0v) is 9.29. The van der Waals surface area contributed by atoms with E-state index in [0.717, 1.165) is 12.1 Å². The quantitative estimate of drug-likeness (QED) is 0.852. The Morgan fingerprint density at radius 3 is 2.56 bits per heavy atom. The molecule has 0 aromatic heterocycles. The summed E-state index contributed by atoms with van der Waals surface area (Å²) in [6, 6.07) is 7.48. The molecule has 0 bridgehead atoms. The molecule has 0 spiro atoms. The van der Waals surface area contributed by atoms with Gasteiger partial charge < -0.3 is 10.5 Å². The molecule has 0 saturated carbocycles. The number of nitrogens with two attached hydrogens (primary N) is 1. The molecule has 0 aliphatic heterocycles. The Hall–Kier alpha value is -2.17. The van der Waals surface area contributed by atoms with E-state index in [2.05, 4.69) is 0 Å². The van der Waals surface area contributed by atoms with Crippen molar-refractivity contribution in [3.63, 3.8) is 0 Å². The molecular weight excluding hydrogens is 243 g/mol. The molecule has 2 nitrogen and oxygen atoms in total. The van der Waals surface area contributed by atoms with E-state index in [9.17, 15) is 13.2 Å². The van der Waals surface area contributed by atoms with Gasteiger partial charge in [0.15, 0.2) is 11.6 Å². The monoisotopic (exact) mass is 253 g/mol. The van der Waals surface area contributed by atoms with Gasteiger partial charge in [-0.3, -0.25) is 0 Å². The van der Waals surface area contributed by atoms with Gasteiger partial charge in [0.1, 0.15) is 12.4 Å². The van der Waals surface area contributed by atoms with Crippen LogP contribution in [0.25, 0.3) is 0 Å². The van der Waals surface area contributed by atoms with Gasteiger partial charge in [0, 0.05) is 5.69 Å². The fraction of sp³-hybridized carbons (Fsp3) is 0.0769. The standard InChI is InChI=1S/C13H10F3NO/c14-9-4-8(5-10(17)6-9)7-18-12-3-1-2-11(15)13(12)16/h1-6H,7,17H2. The minimum atomic E-state index is -1.07. The number of benzene rings is 2. The number of ether oxygens (including phenoxy) is 1. The van der Waals surface area contributed by atoms with Gasteiger partial charge in [-0.15, -0.1) is 0 Å². The van der Waals surface area contributed by atoms with Crippen LogP contribution < -0.4 is 10.5 Å². The minimum Gasteiger partial charge on any atom is -0.486 e. The van der Waals surface area contributed by atoms with Gasteiger partial charge in [0.05, 0.1) is 0 Å². The van der Waals surface area contributed by atoms with E-state index in [0.29, 0.717) is 5.56 Å². The molecule has 2 rings (SSSR count). The maximum absolute atomic E-state index is 13.3. The van der Waals surface area contributed by atoms with Crippen molar-refractivity contribution >= 4 is 5.69 Å². The Kier molecular flexibility index (Phi) is 3.41. The molecule has 0 saturated heterocycles. The molecule has 0 atom stereocenters. The van der Waals surface area contributed by atoms with Crippen LogP contribution in [0.4, 0.5) is 18.9 Å². The molecule has 0 radical (unpaired) electrons. The smallest absolute Gasteiger partial charge is 0.200 e. The van der Waals surface area contributed by atoms with Crippen molar-refractivity contribution in [1.82, 2.24) is 0 Å². The lowest BCUT2D eigenvalue weighted by Crippen LogP contribution is -2.00. The second-order valence-electron chi connectivity index (χ2n) is 3.73. The normalized spacial score (nSPS) is 10.4. The first-order valence-corrected chi connectivity index (χ1v) is 5.18. The van der Waals surface area contributed by atoms with Crippen LogP contribution in [0.2, 0.25) is 0 Å². The van der Waals surface area contributed by atoms with Crippen LogP contribution in [0, 0.1) is 17.5 Å². The lowest BCUT2D eigenvalue weighted by atomic mass is 10.2. The van der Waals surface area contributed by atoms with Crippen LogP contribution in [0.3, 0.4) is 0 Å². The second-order valence-corrected chi connectivity index (χ2v) is 3.73. The van der Waals surface area contributed by atoms with E-state index in [4.69, 9.17) is 10.5 Å². The Bertz CT molecular complexity index is 552. The van der Waals surface area contributed by atoms with Gasteiger partial charge in [-0.05, 0) is 35.9 Å². The first kappa shape index (κ1) is 12.3. The predicted molar refractivity (Wildman–Crippen MR) is 61.5 cm³/mol. The predicted octanol–water partition coefficient (Wildman–Crippen LogP) is 3.27. The average Bonchev–Trinajstić information content (AvgIpc) is 2.30. The van der Waals surface area contributed by atoms with Gasteiger partial charge >= 0.3 is 0 Å². The largest absolute Gasteiger partial charge is 0.486 e. The van der Waals surface area contributed by atoms with Crippen LogP contribution in [0.15, 0.2) is 36.4 Å². The molecule has 0 heterocycles. The lowest BCUT2D eigenvalue weighted by Gasteiger charge is -2.08. The van der Waals surface area contributed by atoms with Crippen molar-refractivity contribution in [2.45, 2.75) is 6.61 Å². The first-order chi connectivity index (χ1) is 8.56. The van der Waals surface area contributed by atoms with Crippen LogP contribution in [-0.2, 0) is 6.61 Å². The summed E-state index contributed by atoms with van der Waals surface area (Å²) in [6.45, 7) is -0.0949. The third kappa shape index (κ3) is 2.74. The van der Waals surface area contributed by atoms with Crippen LogP contribution in [0.1, 0.15) is 5.56 Å². The minimum absolute atomic E-state index is 0.0949. The zero-order valence-electron chi connectivity index (χ0n) is 9.29. The Morgan fingerprint density at radius 2 is 1.83 bits per heavy atom. The van der Waals surface area contributed by atoms with Crippen molar-refractivity contribution in [2.24, 2.45) is 0 Å². The molecule has 2 N–H and O–H groups in total. The SMILES string of the molecule is Nc1cc(F)cc(COc2cccc(F)c2F)c1. The summed E-state index contributed by atoms with van der Waals surface area (Å²) in [7, 11) is 0. The van der Waals surface area contributed by atoms with Gasteiger partial charge in [0.25, 0.3) is 0 Å². The fourth-order valence-corrected chi connectivity index (χ4v) is 1.52. The number of nitrogen functional groups attached to an aromatic ring is 1. The summed E-state index contributed by atoms with van der Waals surface area (Å²) in [5, 5.41) is 0. The molecule has 0 fully saturated rings. The zero-order chi connectivity index (χ0) is 13.1.